The minimum absolute atomic E-state index is 0.789. The predicted molar refractivity (Wildman–Crippen MR) is 276 cm³/mol. The molecule has 13 rings (SSSR count). The topological polar surface area (TPSA) is 92.1 Å². The Morgan fingerprint density at radius 1 is 0.246 bits per heavy atom. The standard InChI is InChI=1S/C60H39N9/c1-4-19-43(20-5-1)67-55(64-52-31-16-34-61-58(52)67)49-28-13-10-25-46(49)40-37-41(47-26-11-14-29-50(47)56-65-53-32-17-35-62-59(53)68(56)44-21-6-2-7-22-44)39-42(38-40)48-27-12-15-30-51(48)57-66-54-33-18-36-63-60(54)69(57)45-23-8-3-9-24-45/h1-39H. The lowest BCUT2D eigenvalue weighted by molar-refractivity contribution is 1.08. The van der Waals surface area contributed by atoms with Crippen LogP contribution in [-0.4, -0.2) is 43.6 Å². The highest BCUT2D eigenvalue weighted by Gasteiger charge is 2.24. The maximum Gasteiger partial charge on any atom is 0.164 e. The third kappa shape index (κ3) is 6.87. The van der Waals surface area contributed by atoms with Crippen molar-refractivity contribution in [3.63, 3.8) is 0 Å². The number of aromatic nitrogens is 9. The third-order valence-electron chi connectivity index (χ3n) is 12.7. The van der Waals surface area contributed by atoms with Crippen LogP contribution in [0, 0.1) is 0 Å². The molecule has 0 aliphatic carbocycles. The van der Waals surface area contributed by atoms with Gasteiger partial charge in [-0.25, -0.2) is 29.9 Å². The van der Waals surface area contributed by atoms with E-state index in [9.17, 15) is 0 Å². The molecule has 6 heterocycles. The zero-order valence-corrected chi connectivity index (χ0v) is 37.0. The van der Waals surface area contributed by atoms with Crippen LogP contribution in [0.2, 0.25) is 0 Å². The van der Waals surface area contributed by atoms with E-state index in [0.717, 1.165) is 118 Å². The first kappa shape index (κ1) is 39.7. The fourth-order valence-corrected chi connectivity index (χ4v) is 9.63. The van der Waals surface area contributed by atoms with Crippen molar-refractivity contribution in [2.75, 3.05) is 0 Å². The molecule has 324 valence electrons. The van der Waals surface area contributed by atoms with Crippen molar-refractivity contribution < 1.29 is 0 Å². The molecule has 0 spiro atoms. The molecule has 0 aliphatic rings. The quantitative estimate of drug-likeness (QED) is 0.143. The number of nitrogens with zero attached hydrogens (tertiary/aromatic N) is 9. The van der Waals surface area contributed by atoms with Gasteiger partial charge in [0.15, 0.2) is 16.9 Å². The van der Waals surface area contributed by atoms with Gasteiger partial charge in [0.2, 0.25) is 0 Å². The minimum atomic E-state index is 0.789. The van der Waals surface area contributed by atoms with E-state index in [1.165, 1.54) is 0 Å². The number of hydrogen-bond acceptors (Lipinski definition) is 6. The van der Waals surface area contributed by atoms with E-state index in [1.54, 1.807) is 0 Å². The summed E-state index contributed by atoms with van der Waals surface area (Å²) in [7, 11) is 0. The van der Waals surface area contributed by atoms with Crippen LogP contribution in [0.4, 0.5) is 0 Å². The molecule has 9 nitrogen and oxygen atoms in total. The number of imidazole rings is 3. The lowest BCUT2D eigenvalue weighted by Gasteiger charge is -2.18. The summed E-state index contributed by atoms with van der Waals surface area (Å²) in [6.45, 7) is 0. The van der Waals surface area contributed by atoms with Gasteiger partial charge >= 0.3 is 0 Å². The zero-order valence-electron chi connectivity index (χ0n) is 37.0. The molecule has 7 aromatic carbocycles. The van der Waals surface area contributed by atoms with Crippen LogP contribution in [-0.2, 0) is 0 Å². The maximum atomic E-state index is 5.30. The van der Waals surface area contributed by atoms with Gasteiger partial charge in [-0.15, -0.1) is 0 Å². The largest absolute Gasteiger partial charge is 0.277 e. The van der Waals surface area contributed by atoms with Crippen molar-refractivity contribution in [1.29, 1.82) is 0 Å². The summed E-state index contributed by atoms with van der Waals surface area (Å²) in [6, 6.07) is 75.4. The van der Waals surface area contributed by atoms with E-state index >= 15 is 0 Å². The summed E-state index contributed by atoms with van der Waals surface area (Å²) in [5.74, 6) is 2.39. The second-order valence-electron chi connectivity index (χ2n) is 16.8. The Hall–Kier alpha value is -9.60. The summed E-state index contributed by atoms with van der Waals surface area (Å²) in [6.07, 6.45) is 5.48. The van der Waals surface area contributed by atoms with Gasteiger partial charge in [0.25, 0.3) is 0 Å². The van der Waals surface area contributed by atoms with E-state index in [0.29, 0.717) is 0 Å². The summed E-state index contributed by atoms with van der Waals surface area (Å²) in [4.78, 5) is 30.5. The monoisotopic (exact) mass is 885 g/mol. The fraction of sp³-hybridized carbons (Fsp3) is 0. The Labute approximate surface area is 397 Å². The van der Waals surface area contributed by atoms with Gasteiger partial charge < -0.3 is 0 Å². The number of rotatable bonds is 9. The average Bonchev–Trinajstić information content (AvgIpc) is 4.14. The molecular weight excluding hydrogens is 847 g/mol. The molecular formula is C60H39N9. The highest BCUT2D eigenvalue weighted by molar-refractivity contribution is 5.95. The van der Waals surface area contributed by atoms with E-state index < -0.39 is 0 Å². The SMILES string of the molecule is c1ccc(-n2c(-c3ccccc3-c3cc(-c4ccccc4-c4nc5cccnc5n4-c4ccccc4)cc(-c4ccccc4-c4nc5cccnc5n4-c4ccccc4)c3)nc3cccnc32)cc1. The first-order chi connectivity index (χ1) is 34.2. The fourth-order valence-electron chi connectivity index (χ4n) is 9.63. The lowest BCUT2D eigenvalue weighted by Crippen LogP contribution is -2.01. The van der Waals surface area contributed by atoms with E-state index in [2.05, 4.69) is 177 Å². The van der Waals surface area contributed by atoms with Crippen LogP contribution in [0.15, 0.2) is 237 Å². The second kappa shape index (κ2) is 16.7. The zero-order chi connectivity index (χ0) is 45.7. The maximum absolute atomic E-state index is 5.30. The lowest BCUT2D eigenvalue weighted by atomic mass is 9.88. The smallest absolute Gasteiger partial charge is 0.164 e. The van der Waals surface area contributed by atoms with Crippen molar-refractivity contribution in [2.24, 2.45) is 0 Å². The van der Waals surface area contributed by atoms with Crippen LogP contribution in [0.25, 0.3) is 118 Å². The van der Waals surface area contributed by atoms with Crippen LogP contribution >= 0.6 is 0 Å². The molecule has 0 radical (unpaired) electrons. The normalized spacial score (nSPS) is 11.5. The second-order valence-corrected chi connectivity index (χ2v) is 16.8. The van der Waals surface area contributed by atoms with Gasteiger partial charge in [0.1, 0.15) is 34.0 Å². The molecule has 0 aliphatic heterocycles. The van der Waals surface area contributed by atoms with E-state index in [4.69, 9.17) is 29.9 Å². The summed E-state index contributed by atoms with van der Waals surface area (Å²) in [5, 5.41) is 0. The summed E-state index contributed by atoms with van der Waals surface area (Å²) >= 11 is 0. The van der Waals surface area contributed by atoms with Gasteiger partial charge in [-0.1, -0.05) is 127 Å². The molecule has 0 N–H and O–H groups in total. The predicted octanol–water partition coefficient (Wildman–Crippen LogP) is 13.9. The molecule has 69 heavy (non-hydrogen) atoms. The Kier molecular flexibility index (Phi) is 9.61. The minimum Gasteiger partial charge on any atom is -0.277 e. The molecule has 0 saturated carbocycles. The molecule has 9 heteroatoms. The van der Waals surface area contributed by atoms with E-state index in [1.807, 2.05) is 73.2 Å². The number of para-hydroxylation sites is 3. The average molecular weight is 886 g/mol. The highest BCUT2D eigenvalue weighted by atomic mass is 15.1. The number of fused-ring (bicyclic) bond motifs is 3. The first-order valence-electron chi connectivity index (χ1n) is 22.9. The van der Waals surface area contributed by atoms with Crippen LogP contribution in [0.3, 0.4) is 0 Å². The molecule has 0 saturated heterocycles. The van der Waals surface area contributed by atoms with Crippen molar-refractivity contribution in [3.8, 4) is 84.6 Å². The molecule has 0 atom stereocenters. The van der Waals surface area contributed by atoms with Crippen molar-refractivity contribution in [3.05, 3.63) is 237 Å². The molecule has 0 unspecified atom stereocenters. The van der Waals surface area contributed by atoms with Gasteiger partial charge in [0.05, 0.1) is 0 Å². The third-order valence-corrected chi connectivity index (χ3v) is 12.7. The van der Waals surface area contributed by atoms with Gasteiger partial charge in [-0.05, 0) is 124 Å². The van der Waals surface area contributed by atoms with Crippen molar-refractivity contribution >= 4 is 33.5 Å². The Bertz CT molecular complexity index is 3590. The van der Waals surface area contributed by atoms with Crippen molar-refractivity contribution in [1.82, 2.24) is 43.6 Å². The van der Waals surface area contributed by atoms with Gasteiger partial charge in [-0.2, -0.15) is 0 Å². The number of benzene rings is 7. The van der Waals surface area contributed by atoms with Gasteiger partial charge in [-0.3, -0.25) is 13.7 Å². The Morgan fingerprint density at radius 3 is 0.797 bits per heavy atom. The van der Waals surface area contributed by atoms with Crippen LogP contribution in [0.5, 0.6) is 0 Å². The van der Waals surface area contributed by atoms with Crippen molar-refractivity contribution in [2.45, 2.75) is 0 Å². The molecule has 0 bridgehead atoms. The van der Waals surface area contributed by atoms with Gasteiger partial charge in [0, 0.05) is 52.3 Å². The van der Waals surface area contributed by atoms with Crippen LogP contribution in [0.1, 0.15) is 0 Å². The molecule has 0 amide bonds. The molecule has 0 fully saturated rings. The Balaban J connectivity index is 1.08. The summed E-state index contributed by atoms with van der Waals surface area (Å²) in [5.41, 5.74) is 16.8. The first-order valence-corrected chi connectivity index (χ1v) is 22.9. The van der Waals surface area contributed by atoms with Crippen LogP contribution < -0.4 is 0 Å². The van der Waals surface area contributed by atoms with E-state index in [-0.39, 0.29) is 0 Å². The number of hydrogen-bond donors (Lipinski definition) is 0. The summed E-state index contributed by atoms with van der Waals surface area (Å²) < 4.78 is 6.48. The number of pyridine rings is 3. The highest BCUT2D eigenvalue weighted by Crippen LogP contribution is 2.44. The molecule has 6 aromatic heterocycles. The Morgan fingerprint density at radius 2 is 0.507 bits per heavy atom. The molecule has 13 aromatic rings.